The molecular formula is C6H15N2P. The highest BCUT2D eigenvalue weighted by Crippen LogP contribution is 2.45. The Morgan fingerprint density at radius 2 is 2.33 bits per heavy atom. The fraction of sp³-hybridized carbons (Fsp3) is 0.833. The maximum absolute atomic E-state index is 3.28. The second-order valence-electron chi connectivity index (χ2n) is 2.71. The Morgan fingerprint density at radius 3 is 2.67 bits per heavy atom. The summed E-state index contributed by atoms with van der Waals surface area (Å²) in [7, 11) is 6.16. The van der Waals surface area contributed by atoms with Gasteiger partial charge in [0.05, 0.1) is 0 Å². The number of hydrogen-bond donors (Lipinski definition) is 1. The SMILES string of the molecule is CNC1C/[PH]1=C/N(C)C. The molecule has 1 aliphatic heterocycles. The molecule has 1 N–H and O–H groups in total. The first-order valence-electron chi connectivity index (χ1n) is 3.28. The molecule has 0 bridgehead atoms. The molecule has 0 aromatic heterocycles. The van der Waals surface area contributed by atoms with Crippen LogP contribution in [0.5, 0.6) is 0 Å². The van der Waals surface area contributed by atoms with Crippen molar-refractivity contribution in [2.24, 2.45) is 0 Å². The van der Waals surface area contributed by atoms with Gasteiger partial charge in [-0.3, -0.25) is 4.90 Å². The molecule has 0 radical (unpaired) electrons. The molecular weight excluding hydrogens is 131 g/mol. The summed E-state index contributed by atoms with van der Waals surface area (Å²) < 4.78 is 0. The molecule has 1 saturated heterocycles. The van der Waals surface area contributed by atoms with Gasteiger partial charge in [-0.05, 0) is 33.2 Å². The first-order valence-corrected chi connectivity index (χ1v) is 5.14. The maximum atomic E-state index is 3.28. The summed E-state index contributed by atoms with van der Waals surface area (Å²) in [6.07, 6.45) is 1.42. The summed E-state index contributed by atoms with van der Waals surface area (Å²) in [5, 5.41) is 3.28. The van der Waals surface area contributed by atoms with Crippen LogP contribution in [0.25, 0.3) is 0 Å². The minimum Gasteiger partial charge on any atom is -0.313 e. The molecule has 1 fully saturated rings. The predicted molar refractivity (Wildman–Crippen MR) is 45.8 cm³/mol. The lowest BCUT2D eigenvalue weighted by molar-refractivity contribution is 0.653. The van der Waals surface area contributed by atoms with Gasteiger partial charge in [-0.1, -0.05) is 7.55 Å². The zero-order valence-corrected chi connectivity index (χ0v) is 7.31. The van der Waals surface area contributed by atoms with Crippen LogP contribution in [0.2, 0.25) is 0 Å². The van der Waals surface area contributed by atoms with E-state index in [4.69, 9.17) is 0 Å². The third-order valence-corrected chi connectivity index (χ3v) is 4.09. The van der Waals surface area contributed by atoms with Gasteiger partial charge >= 0.3 is 0 Å². The van der Waals surface area contributed by atoms with Gasteiger partial charge in [0.15, 0.2) is 0 Å². The Labute approximate surface area is 57.6 Å². The van der Waals surface area contributed by atoms with Gasteiger partial charge in [0.25, 0.3) is 0 Å². The molecule has 0 amide bonds. The highest BCUT2D eigenvalue weighted by Gasteiger charge is 2.25. The van der Waals surface area contributed by atoms with Crippen LogP contribution in [0.3, 0.4) is 0 Å². The standard InChI is InChI=1S/C6H15N2P/c1-7-6-4-9(6)5-8(2)3/h5-7,9H,4H2,1-3H3. The van der Waals surface area contributed by atoms with Gasteiger partial charge in [-0.2, -0.15) is 0 Å². The van der Waals surface area contributed by atoms with Crippen molar-refractivity contribution < 1.29 is 0 Å². The zero-order valence-electron chi connectivity index (χ0n) is 6.31. The molecule has 54 valence electrons. The van der Waals surface area contributed by atoms with Crippen LogP contribution in [-0.4, -0.2) is 43.9 Å². The summed E-state index contributed by atoms with van der Waals surface area (Å²) in [5.41, 5.74) is 0. The highest BCUT2D eigenvalue weighted by molar-refractivity contribution is 7.65. The predicted octanol–water partition coefficient (Wildman–Crippen LogP) is 0.0810. The lowest BCUT2D eigenvalue weighted by atomic mass is 10.8. The minimum absolute atomic E-state index is 0.0836. The Kier molecular flexibility index (Phi) is 2.34. The number of nitrogens with one attached hydrogen (secondary N) is 1. The molecule has 2 unspecified atom stereocenters. The first-order chi connectivity index (χ1) is 4.24. The molecule has 9 heavy (non-hydrogen) atoms. The molecule has 1 heterocycles. The molecule has 0 aromatic rings. The van der Waals surface area contributed by atoms with E-state index in [-0.39, 0.29) is 7.55 Å². The molecule has 0 saturated carbocycles. The van der Waals surface area contributed by atoms with E-state index in [1.165, 1.54) is 6.16 Å². The van der Waals surface area contributed by atoms with Crippen molar-refractivity contribution in [2.75, 3.05) is 27.3 Å². The molecule has 2 atom stereocenters. The molecule has 2 nitrogen and oxygen atoms in total. The average Bonchev–Trinajstić information content (AvgIpc) is 2.45. The van der Waals surface area contributed by atoms with Crippen molar-refractivity contribution >= 4 is 13.5 Å². The van der Waals surface area contributed by atoms with Crippen molar-refractivity contribution in [2.45, 2.75) is 5.78 Å². The molecule has 1 aliphatic rings. The van der Waals surface area contributed by atoms with E-state index in [0.717, 1.165) is 5.78 Å². The van der Waals surface area contributed by atoms with Gasteiger partial charge in [0, 0.05) is 5.78 Å². The highest BCUT2D eigenvalue weighted by atomic mass is 31.1. The van der Waals surface area contributed by atoms with Gasteiger partial charge in [-0.15, -0.1) is 0 Å². The number of hydrogen-bond acceptors (Lipinski definition) is 1. The normalized spacial score (nSPS) is 33.8. The Morgan fingerprint density at radius 1 is 1.67 bits per heavy atom. The largest absolute Gasteiger partial charge is 0.313 e. The monoisotopic (exact) mass is 146 g/mol. The lowest BCUT2D eigenvalue weighted by Gasteiger charge is -1.98. The van der Waals surface area contributed by atoms with E-state index >= 15 is 0 Å². The summed E-state index contributed by atoms with van der Waals surface area (Å²) in [6.45, 7) is 0. The topological polar surface area (TPSA) is 15.3 Å². The average molecular weight is 146 g/mol. The second-order valence-corrected chi connectivity index (χ2v) is 5.23. The van der Waals surface area contributed by atoms with Crippen LogP contribution < -0.4 is 5.32 Å². The fourth-order valence-corrected chi connectivity index (χ4v) is 3.17. The third-order valence-electron chi connectivity index (χ3n) is 1.50. The summed E-state index contributed by atoms with van der Waals surface area (Å²) >= 11 is 0. The van der Waals surface area contributed by atoms with Gasteiger partial charge in [0.1, 0.15) is 0 Å². The summed E-state index contributed by atoms with van der Waals surface area (Å²) in [5.74, 6) is 3.23. The smallest absolute Gasteiger partial charge is 0.0285 e. The van der Waals surface area contributed by atoms with E-state index in [1.54, 1.807) is 0 Å². The van der Waals surface area contributed by atoms with Crippen LogP contribution in [0, 0.1) is 0 Å². The van der Waals surface area contributed by atoms with Gasteiger partial charge < -0.3 is 5.32 Å². The third kappa shape index (κ3) is 2.13. The van der Waals surface area contributed by atoms with Crippen molar-refractivity contribution in [3.8, 4) is 0 Å². The zero-order chi connectivity index (χ0) is 6.85. The molecule has 0 spiro atoms. The van der Waals surface area contributed by atoms with E-state index in [1.807, 2.05) is 7.05 Å². The van der Waals surface area contributed by atoms with Gasteiger partial charge in [-0.25, -0.2) is 0 Å². The van der Waals surface area contributed by atoms with E-state index in [0.29, 0.717) is 0 Å². The Bertz CT molecular complexity index is 131. The van der Waals surface area contributed by atoms with Crippen LogP contribution in [-0.2, 0) is 0 Å². The molecule has 3 heteroatoms. The Hall–Kier alpha value is 0.220. The Balaban J connectivity index is 2.31. The fourth-order valence-electron chi connectivity index (χ4n) is 0.939. The van der Waals surface area contributed by atoms with Crippen LogP contribution in [0.1, 0.15) is 0 Å². The van der Waals surface area contributed by atoms with Gasteiger partial charge in [0.2, 0.25) is 0 Å². The number of nitrogens with zero attached hydrogens (tertiary/aromatic N) is 1. The van der Waals surface area contributed by atoms with Crippen LogP contribution in [0.15, 0.2) is 0 Å². The maximum Gasteiger partial charge on any atom is 0.0285 e. The van der Waals surface area contributed by atoms with Crippen molar-refractivity contribution in [1.29, 1.82) is 0 Å². The van der Waals surface area contributed by atoms with Crippen molar-refractivity contribution in [3.05, 3.63) is 0 Å². The van der Waals surface area contributed by atoms with E-state index < -0.39 is 0 Å². The minimum atomic E-state index is -0.0836. The quantitative estimate of drug-likeness (QED) is 0.555. The summed E-state index contributed by atoms with van der Waals surface area (Å²) in [4.78, 5) is 2.17. The molecule has 1 rings (SSSR count). The van der Waals surface area contributed by atoms with Crippen LogP contribution in [0.4, 0.5) is 0 Å². The molecule has 0 aliphatic carbocycles. The van der Waals surface area contributed by atoms with E-state index in [2.05, 4.69) is 30.2 Å². The molecule has 0 aromatic carbocycles. The number of rotatable bonds is 2. The van der Waals surface area contributed by atoms with E-state index in [9.17, 15) is 0 Å². The van der Waals surface area contributed by atoms with Crippen LogP contribution >= 0.6 is 7.55 Å². The first kappa shape index (κ1) is 7.33. The lowest BCUT2D eigenvalue weighted by Crippen LogP contribution is -2.09. The summed E-state index contributed by atoms with van der Waals surface area (Å²) in [6, 6.07) is 0. The van der Waals surface area contributed by atoms with Crippen molar-refractivity contribution in [1.82, 2.24) is 10.2 Å². The van der Waals surface area contributed by atoms with Crippen molar-refractivity contribution in [3.63, 3.8) is 0 Å². The second kappa shape index (κ2) is 2.87.